The third-order valence-electron chi connectivity index (χ3n) is 7.24. The van der Waals surface area contributed by atoms with Gasteiger partial charge in [-0.2, -0.15) is 13.2 Å². The normalized spacial score (nSPS) is 20.0. The van der Waals surface area contributed by atoms with Crippen LogP contribution in [0.4, 0.5) is 13.2 Å². The lowest BCUT2D eigenvalue weighted by Gasteiger charge is -2.37. The molecule has 188 valence electrons. The first-order valence-electron chi connectivity index (χ1n) is 12.3. The number of hydrogen-bond donors (Lipinski definition) is 1. The predicted octanol–water partition coefficient (Wildman–Crippen LogP) is 5.56. The molecule has 1 amide bonds. The van der Waals surface area contributed by atoms with Crippen molar-refractivity contribution in [1.82, 2.24) is 10.2 Å². The van der Waals surface area contributed by atoms with Gasteiger partial charge in [0.1, 0.15) is 12.4 Å². The summed E-state index contributed by atoms with van der Waals surface area (Å²) >= 11 is 0. The number of fused-ring (bicyclic) bond motifs is 1. The van der Waals surface area contributed by atoms with E-state index in [1.165, 1.54) is 29.3 Å². The average molecular weight is 495 g/mol. The molecule has 2 atom stereocenters. The molecule has 0 aromatic heterocycles. The van der Waals surface area contributed by atoms with E-state index < -0.39 is 11.7 Å². The Morgan fingerprint density at radius 3 is 2.47 bits per heavy atom. The van der Waals surface area contributed by atoms with Crippen LogP contribution < -0.4 is 10.1 Å². The molecular weight excluding hydrogens is 465 g/mol. The zero-order valence-electron chi connectivity index (χ0n) is 19.9. The van der Waals surface area contributed by atoms with E-state index in [0.717, 1.165) is 43.1 Å². The maximum absolute atomic E-state index is 13.6. The molecule has 3 aromatic rings. The third kappa shape index (κ3) is 5.26. The Kier molecular flexibility index (Phi) is 7.01. The van der Waals surface area contributed by atoms with E-state index in [4.69, 9.17) is 4.74 Å². The molecule has 1 N–H and O–H groups in total. The van der Waals surface area contributed by atoms with Crippen molar-refractivity contribution in [2.45, 2.75) is 38.1 Å². The molecule has 0 bridgehead atoms. The van der Waals surface area contributed by atoms with E-state index in [2.05, 4.69) is 17.4 Å². The van der Waals surface area contributed by atoms with Crippen LogP contribution >= 0.6 is 0 Å². The lowest BCUT2D eigenvalue weighted by molar-refractivity contribution is -0.139. The number of benzene rings is 3. The van der Waals surface area contributed by atoms with Gasteiger partial charge in [-0.25, -0.2) is 0 Å². The van der Waals surface area contributed by atoms with E-state index in [1.807, 2.05) is 41.3 Å². The summed E-state index contributed by atoms with van der Waals surface area (Å²) in [6, 6.07) is 21.3. The maximum atomic E-state index is 13.6. The maximum Gasteiger partial charge on any atom is 0.419 e. The minimum absolute atomic E-state index is 0.0368. The lowest BCUT2D eigenvalue weighted by atomic mass is 9.80. The molecule has 7 heteroatoms. The van der Waals surface area contributed by atoms with Crippen molar-refractivity contribution in [3.05, 3.63) is 101 Å². The molecule has 3 aromatic carbocycles. The molecule has 0 spiro atoms. The van der Waals surface area contributed by atoms with Gasteiger partial charge in [0.25, 0.3) is 0 Å². The Bertz CT molecular complexity index is 1210. The van der Waals surface area contributed by atoms with Gasteiger partial charge in [0, 0.05) is 19.6 Å². The largest absolute Gasteiger partial charge is 0.488 e. The Hall–Kier alpha value is -3.32. The summed E-state index contributed by atoms with van der Waals surface area (Å²) < 4.78 is 45.2. The predicted molar refractivity (Wildman–Crippen MR) is 131 cm³/mol. The zero-order valence-corrected chi connectivity index (χ0v) is 19.9. The highest BCUT2D eigenvalue weighted by Gasteiger charge is 2.36. The van der Waals surface area contributed by atoms with Crippen molar-refractivity contribution < 1.29 is 22.7 Å². The lowest BCUT2D eigenvalue weighted by Crippen LogP contribution is -2.47. The number of rotatable bonds is 5. The highest BCUT2D eigenvalue weighted by molar-refractivity contribution is 5.80. The van der Waals surface area contributed by atoms with Gasteiger partial charge < -0.3 is 15.0 Å². The van der Waals surface area contributed by atoms with Gasteiger partial charge in [-0.05, 0) is 59.7 Å². The number of carbonyl (C=O) groups is 1. The van der Waals surface area contributed by atoms with Gasteiger partial charge in [0.05, 0.1) is 11.5 Å². The smallest absolute Gasteiger partial charge is 0.419 e. The van der Waals surface area contributed by atoms with Crippen molar-refractivity contribution in [3.63, 3.8) is 0 Å². The Morgan fingerprint density at radius 2 is 1.69 bits per heavy atom. The molecule has 2 heterocycles. The van der Waals surface area contributed by atoms with Crippen LogP contribution in [-0.2, 0) is 30.5 Å². The number of hydrogen-bond acceptors (Lipinski definition) is 3. The quantitative estimate of drug-likeness (QED) is 0.505. The number of amides is 1. The second-order valence-electron chi connectivity index (χ2n) is 9.51. The molecule has 2 aliphatic heterocycles. The summed E-state index contributed by atoms with van der Waals surface area (Å²) in [6.45, 7) is 2.90. The molecular formula is C29H29F3N2O2. The highest BCUT2D eigenvalue weighted by atomic mass is 19.4. The summed E-state index contributed by atoms with van der Waals surface area (Å²) in [5.41, 5.74) is 3.61. The van der Waals surface area contributed by atoms with Crippen LogP contribution in [0.1, 0.15) is 40.2 Å². The van der Waals surface area contributed by atoms with Crippen molar-refractivity contribution in [2.75, 3.05) is 19.6 Å². The fraction of sp³-hybridized carbons (Fsp3) is 0.345. The number of para-hydroxylation sites is 1. The summed E-state index contributed by atoms with van der Waals surface area (Å²) in [4.78, 5) is 15.5. The fourth-order valence-corrected chi connectivity index (χ4v) is 5.28. The molecule has 0 saturated carbocycles. The molecule has 1 saturated heterocycles. The molecule has 1 fully saturated rings. The second kappa shape index (κ2) is 10.3. The summed E-state index contributed by atoms with van der Waals surface area (Å²) in [5.74, 6) is -0.0549. The number of nitrogens with one attached hydrogen (secondary N) is 1. The van der Waals surface area contributed by atoms with E-state index in [1.54, 1.807) is 0 Å². The topological polar surface area (TPSA) is 41.6 Å². The average Bonchev–Trinajstić information content (AvgIpc) is 2.91. The van der Waals surface area contributed by atoms with E-state index >= 15 is 0 Å². The van der Waals surface area contributed by atoms with Crippen molar-refractivity contribution >= 4 is 5.91 Å². The van der Waals surface area contributed by atoms with Crippen molar-refractivity contribution in [3.8, 4) is 5.75 Å². The Morgan fingerprint density at radius 1 is 0.972 bits per heavy atom. The summed E-state index contributed by atoms with van der Waals surface area (Å²) in [6.07, 6.45) is -2.73. The minimum atomic E-state index is -4.46. The molecule has 2 unspecified atom stereocenters. The zero-order chi connectivity index (χ0) is 25.1. The van der Waals surface area contributed by atoms with Crippen LogP contribution in [0.15, 0.2) is 72.8 Å². The fourth-order valence-electron chi connectivity index (χ4n) is 5.28. The Balaban J connectivity index is 1.26. The number of carbonyl (C=O) groups excluding carboxylic acids is 1. The van der Waals surface area contributed by atoms with Crippen molar-refractivity contribution in [2.24, 2.45) is 5.92 Å². The van der Waals surface area contributed by atoms with Gasteiger partial charge in [0.2, 0.25) is 5.91 Å². The highest BCUT2D eigenvalue weighted by Crippen LogP contribution is 2.37. The molecule has 36 heavy (non-hydrogen) atoms. The standard InChI is InChI=1S/C29H29F3N2O2/c30-29(31,32)26-7-3-4-8-27(26)36-19-20-9-11-22(12-10-20)24-13-15-33-17-25(24)28(35)34-16-14-21-5-1-2-6-23(21)18-34/h1-12,24-25,33H,13-19H2. The molecule has 2 aliphatic rings. The monoisotopic (exact) mass is 494 g/mol. The molecule has 4 nitrogen and oxygen atoms in total. The number of halogens is 3. The molecule has 5 rings (SSSR count). The van der Waals surface area contributed by atoms with Crippen LogP contribution in [0.25, 0.3) is 0 Å². The Labute approximate surface area is 209 Å². The van der Waals surface area contributed by atoms with Gasteiger partial charge in [-0.15, -0.1) is 0 Å². The van der Waals surface area contributed by atoms with Gasteiger partial charge in [-0.3, -0.25) is 4.79 Å². The third-order valence-corrected chi connectivity index (χ3v) is 7.24. The SMILES string of the molecule is O=C(C1CNCCC1c1ccc(COc2ccccc2C(F)(F)F)cc1)N1CCc2ccccc2C1. The number of piperidine rings is 1. The van der Waals surface area contributed by atoms with E-state index in [-0.39, 0.29) is 30.1 Å². The van der Waals surface area contributed by atoms with Crippen LogP contribution in [0.3, 0.4) is 0 Å². The van der Waals surface area contributed by atoms with Crippen LogP contribution in [0.5, 0.6) is 5.75 Å². The number of ether oxygens (including phenoxy) is 1. The summed E-state index contributed by atoms with van der Waals surface area (Å²) in [7, 11) is 0. The molecule has 0 radical (unpaired) electrons. The van der Waals surface area contributed by atoms with Gasteiger partial charge in [-0.1, -0.05) is 60.7 Å². The minimum Gasteiger partial charge on any atom is -0.488 e. The van der Waals surface area contributed by atoms with Gasteiger partial charge >= 0.3 is 6.18 Å². The second-order valence-corrected chi connectivity index (χ2v) is 9.51. The van der Waals surface area contributed by atoms with E-state index in [0.29, 0.717) is 13.1 Å². The number of nitrogens with zero attached hydrogens (tertiary/aromatic N) is 1. The van der Waals surface area contributed by atoms with E-state index in [9.17, 15) is 18.0 Å². The molecule has 0 aliphatic carbocycles. The van der Waals surface area contributed by atoms with Crippen LogP contribution in [-0.4, -0.2) is 30.4 Å². The number of alkyl halides is 3. The first kappa shape index (κ1) is 24.4. The first-order chi connectivity index (χ1) is 17.4. The van der Waals surface area contributed by atoms with Crippen LogP contribution in [0.2, 0.25) is 0 Å². The van der Waals surface area contributed by atoms with Gasteiger partial charge in [0.15, 0.2) is 0 Å². The van der Waals surface area contributed by atoms with Crippen molar-refractivity contribution in [1.29, 1.82) is 0 Å². The summed E-state index contributed by atoms with van der Waals surface area (Å²) in [5, 5.41) is 3.38. The first-order valence-corrected chi connectivity index (χ1v) is 12.3. The van der Waals surface area contributed by atoms with Crippen LogP contribution in [0, 0.1) is 5.92 Å².